The van der Waals surface area contributed by atoms with E-state index in [2.05, 4.69) is 5.32 Å². The first-order valence-corrected chi connectivity index (χ1v) is 6.88. The molecule has 0 aliphatic rings. The molecule has 0 aliphatic carbocycles. The lowest BCUT2D eigenvalue weighted by molar-refractivity contribution is 0.193. The van der Waals surface area contributed by atoms with Gasteiger partial charge < -0.3 is 19.2 Å². The Balaban J connectivity index is 1.79. The molecule has 108 valence electrons. The Hall–Kier alpha value is -2.17. The first-order chi connectivity index (χ1) is 9.69. The van der Waals surface area contributed by atoms with Crippen molar-refractivity contribution < 1.29 is 9.21 Å². The van der Waals surface area contributed by atoms with Gasteiger partial charge in [-0.3, -0.25) is 0 Å². The van der Waals surface area contributed by atoms with Gasteiger partial charge in [-0.15, -0.1) is 0 Å². The van der Waals surface area contributed by atoms with E-state index in [1.54, 1.807) is 4.90 Å². The zero-order chi connectivity index (χ0) is 14.4. The van der Waals surface area contributed by atoms with Crippen LogP contribution in [0.4, 0.5) is 4.79 Å². The molecule has 2 heterocycles. The van der Waals surface area contributed by atoms with E-state index in [0.717, 1.165) is 18.1 Å². The van der Waals surface area contributed by atoms with Crippen LogP contribution in [0, 0.1) is 6.92 Å². The highest BCUT2D eigenvalue weighted by atomic mass is 16.3. The molecule has 0 saturated heterocycles. The minimum atomic E-state index is -0.0614. The zero-order valence-electron chi connectivity index (χ0n) is 12.0. The van der Waals surface area contributed by atoms with Crippen LogP contribution in [-0.4, -0.2) is 28.6 Å². The van der Waals surface area contributed by atoms with Crippen molar-refractivity contribution in [2.75, 3.05) is 13.1 Å². The van der Waals surface area contributed by atoms with Gasteiger partial charge in [0.1, 0.15) is 11.5 Å². The fourth-order valence-corrected chi connectivity index (χ4v) is 2.01. The van der Waals surface area contributed by atoms with E-state index >= 15 is 0 Å². The number of urea groups is 1. The quantitative estimate of drug-likeness (QED) is 0.881. The van der Waals surface area contributed by atoms with Gasteiger partial charge in [0.15, 0.2) is 0 Å². The molecule has 2 rings (SSSR count). The summed E-state index contributed by atoms with van der Waals surface area (Å²) >= 11 is 0. The van der Waals surface area contributed by atoms with Crippen LogP contribution in [0.3, 0.4) is 0 Å². The molecule has 0 radical (unpaired) electrons. The molecule has 0 saturated carbocycles. The van der Waals surface area contributed by atoms with Gasteiger partial charge in [-0.2, -0.15) is 0 Å². The molecule has 5 nitrogen and oxygen atoms in total. The summed E-state index contributed by atoms with van der Waals surface area (Å²) in [4.78, 5) is 13.8. The third kappa shape index (κ3) is 3.91. The molecule has 0 spiro atoms. The lowest BCUT2D eigenvalue weighted by Gasteiger charge is -2.20. The normalized spacial score (nSPS) is 10.5. The average molecular weight is 275 g/mol. The van der Waals surface area contributed by atoms with Crippen LogP contribution < -0.4 is 5.32 Å². The van der Waals surface area contributed by atoms with Crippen molar-refractivity contribution >= 4 is 6.03 Å². The summed E-state index contributed by atoms with van der Waals surface area (Å²) in [6.45, 7) is 6.39. The van der Waals surface area contributed by atoms with Crippen LogP contribution in [-0.2, 0) is 13.1 Å². The molecule has 2 amide bonds. The number of furan rings is 1. The van der Waals surface area contributed by atoms with E-state index in [0.29, 0.717) is 19.6 Å². The molecule has 20 heavy (non-hydrogen) atoms. The van der Waals surface area contributed by atoms with E-state index < -0.39 is 0 Å². The molecule has 2 aromatic rings. The maximum atomic E-state index is 12.1. The molecule has 0 fully saturated rings. The number of hydrogen-bond acceptors (Lipinski definition) is 2. The minimum Gasteiger partial charge on any atom is -0.464 e. The van der Waals surface area contributed by atoms with Gasteiger partial charge in [-0.25, -0.2) is 4.79 Å². The maximum absolute atomic E-state index is 12.1. The molecule has 0 bridgehead atoms. The fourth-order valence-electron chi connectivity index (χ4n) is 2.01. The second-order valence-electron chi connectivity index (χ2n) is 4.68. The van der Waals surface area contributed by atoms with Crippen molar-refractivity contribution in [2.45, 2.75) is 26.9 Å². The van der Waals surface area contributed by atoms with E-state index in [1.165, 1.54) is 0 Å². The number of aromatic nitrogens is 1. The summed E-state index contributed by atoms with van der Waals surface area (Å²) in [7, 11) is 0. The van der Waals surface area contributed by atoms with Crippen molar-refractivity contribution in [1.82, 2.24) is 14.8 Å². The summed E-state index contributed by atoms with van der Waals surface area (Å²) in [5.74, 6) is 1.67. The van der Waals surface area contributed by atoms with Crippen molar-refractivity contribution in [1.29, 1.82) is 0 Å². The van der Waals surface area contributed by atoms with Gasteiger partial charge in [0.25, 0.3) is 0 Å². The molecule has 0 aromatic carbocycles. The van der Waals surface area contributed by atoms with Crippen molar-refractivity contribution in [3.63, 3.8) is 0 Å². The van der Waals surface area contributed by atoms with Gasteiger partial charge in [0.2, 0.25) is 0 Å². The number of amides is 2. The van der Waals surface area contributed by atoms with Gasteiger partial charge >= 0.3 is 6.03 Å². The monoisotopic (exact) mass is 275 g/mol. The smallest absolute Gasteiger partial charge is 0.317 e. The lowest BCUT2D eigenvalue weighted by Crippen LogP contribution is -2.40. The topological polar surface area (TPSA) is 50.4 Å². The Bertz CT molecular complexity index is 531. The molecule has 1 N–H and O–H groups in total. The van der Waals surface area contributed by atoms with Crippen molar-refractivity contribution in [2.24, 2.45) is 0 Å². The minimum absolute atomic E-state index is 0.0614. The molecular weight excluding hydrogens is 254 g/mol. The molecule has 2 aromatic heterocycles. The van der Waals surface area contributed by atoms with Crippen LogP contribution in [0.25, 0.3) is 0 Å². The summed E-state index contributed by atoms with van der Waals surface area (Å²) in [5, 5.41) is 2.92. The predicted octanol–water partition coefficient (Wildman–Crippen LogP) is 2.62. The predicted molar refractivity (Wildman–Crippen MR) is 77.4 cm³/mol. The summed E-state index contributed by atoms with van der Waals surface area (Å²) in [6.07, 6.45) is 3.96. The number of nitrogens with zero attached hydrogens (tertiary/aromatic N) is 2. The van der Waals surface area contributed by atoms with E-state index in [9.17, 15) is 4.79 Å². The zero-order valence-corrected chi connectivity index (χ0v) is 12.0. The highest BCUT2D eigenvalue weighted by Gasteiger charge is 2.13. The summed E-state index contributed by atoms with van der Waals surface area (Å²) < 4.78 is 7.54. The number of aryl methyl sites for hydroxylation is 1. The number of rotatable bonds is 6. The Morgan fingerprint density at radius 3 is 2.70 bits per heavy atom. The largest absolute Gasteiger partial charge is 0.464 e. The van der Waals surface area contributed by atoms with Crippen LogP contribution in [0.15, 0.2) is 41.1 Å². The molecule has 0 unspecified atom stereocenters. The Labute approximate surface area is 119 Å². The van der Waals surface area contributed by atoms with Gasteiger partial charge in [-0.1, -0.05) is 0 Å². The second kappa shape index (κ2) is 6.84. The molecular formula is C15H21N3O2. The lowest BCUT2D eigenvalue weighted by atomic mass is 10.4. The SMILES string of the molecule is CCN(Cc1ccc(C)o1)C(=O)NCCn1cccc1. The average Bonchev–Trinajstić information content (AvgIpc) is 3.07. The van der Waals surface area contributed by atoms with E-state index in [1.807, 2.05) is 55.1 Å². The first-order valence-electron chi connectivity index (χ1n) is 6.88. The first kappa shape index (κ1) is 14.2. The second-order valence-corrected chi connectivity index (χ2v) is 4.68. The third-order valence-corrected chi connectivity index (χ3v) is 3.12. The molecule has 5 heteroatoms. The Morgan fingerprint density at radius 1 is 1.35 bits per heavy atom. The standard InChI is InChI=1S/C15H21N3O2/c1-3-18(12-14-7-6-13(2)20-14)15(19)16-8-11-17-9-4-5-10-17/h4-7,9-10H,3,8,11-12H2,1-2H3,(H,16,19). The number of carbonyl (C=O) groups is 1. The molecule has 0 atom stereocenters. The van der Waals surface area contributed by atoms with Crippen LogP contribution in [0.5, 0.6) is 0 Å². The van der Waals surface area contributed by atoms with E-state index in [4.69, 9.17) is 4.42 Å². The highest BCUT2D eigenvalue weighted by Crippen LogP contribution is 2.09. The maximum Gasteiger partial charge on any atom is 0.317 e. The summed E-state index contributed by atoms with van der Waals surface area (Å²) in [6, 6.07) is 7.70. The number of nitrogens with one attached hydrogen (secondary N) is 1. The van der Waals surface area contributed by atoms with Crippen molar-refractivity contribution in [3.8, 4) is 0 Å². The number of carbonyl (C=O) groups excluding carboxylic acids is 1. The van der Waals surface area contributed by atoms with Gasteiger partial charge in [0, 0.05) is 32.0 Å². The van der Waals surface area contributed by atoms with Crippen LogP contribution in [0.2, 0.25) is 0 Å². The third-order valence-electron chi connectivity index (χ3n) is 3.12. The highest BCUT2D eigenvalue weighted by molar-refractivity contribution is 5.74. The van der Waals surface area contributed by atoms with Gasteiger partial charge in [0.05, 0.1) is 6.54 Å². The van der Waals surface area contributed by atoms with E-state index in [-0.39, 0.29) is 6.03 Å². The fraction of sp³-hybridized carbons (Fsp3) is 0.400. The van der Waals surface area contributed by atoms with Crippen LogP contribution >= 0.6 is 0 Å². The van der Waals surface area contributed by atoms with Crippen LogP contribution in [0.1, 0.15) is 18.4 Å². The summed E-state index contributed by atoms with van der Waals surface area (Å²) in [5.41, 5.74) is 0. The van der Waals surface area contributed by atoms with Gasteiger partial charge in [-0.05, 0) is 38.1 Å². The Kier molecular flexibility index (Phi) is 4.87. The Morgan fingerprint density at radius 2 is 2.10 bits per heavy atom. The number of hydrogen-bond donors (Lipinski definition) is 1. The van der Waals surface area contributed by atoms with Crippen molar-refractivity contribution in [3.05, 3.63) is 48.2 Å². The molecule has 0 aliphatic heterocycles.